The van der Waals surface area contributed by atoms with Gasteiger partial charge in [0, 0.05) is 24.2 Å². The number of hydrogen-bond donors (Lipinski definition) is 3. The normalized spacial score (nSPS) is 15.6. The highest BCUT2D eigenvalue weighted by molar-refractivity contribution is 6.32. The zero-order chi connectivity index (χ0) is 16.2. The molecule has 0 bridgehead atoms. The minimum Gasteiger partial charge on any atom is -0.384 e. The van der Waals surface area contributed by atoms with Crippen LogP contribution in [0, 0.1) is 5.41 Å². The molecule has 3 rings (SSSR count). The molecule has 0 unspecified atom stereocenters. The van der Waals surface area contributed by atoms with E-state index in [0.29, 0.717) is 17.1 Å². The first kappa shape index (κ1) is 14.8. The molecule has 1 aromatic heterocycles. The summed E-state index contributed by atoms with van der Waals surface area (Å²) in [6, 6.07) is 13.7. The monoisotopic (exact) mass is 301 g/mol. The Morgan fingerprint density at radius 1 is 1.17 bits per heavy atom. The van der Waals surface area contributed by atoms with Gasteiger partial charge in [-0.1, -0.05) is 35.8 Å². The van der Waals surface area contributed by atoms with Crippen LogP contribution in [-0.4, -0.2) is 24.9 Å². The van der Waals surface area contributed by atoms with Crippen molar-refractivity contribution in [3.05, 3.63) is 71.9 Å². The number of nitrogens with zero attached hydrogens (tertiary/aromatic N) is 2. The molecule has 23 heavy (non-hydrogen) atoms. The minimum atomic E-state index is -0.0734. The second kappa shape index (κ2) is 6.31. The molecule has 0 aliphatic carbocycles. The summed E-state index contributed by atoms with van der Waals surface area (Å²) in [5, 5.41) is 10.9. The third-order valence-corrected chi connectivity index (χ3v) is 3.48. The fraction of sp³-hybridized carbons (Fsp3) is 0. The van der Waals surface area contributed by atoms with Gasteiger partial charge >= 0.3 is 0 Å². The molecule has 0 amide bonds. The SMILES string of the molecule is Bc1cccc(C2=CN/C(=C(\C(=N)N)c3ccccn3)N=C2)c1. The number of amidine groups is 1. The molecule has 2 aromatic rings. The Kier molecular flexibility index (Phi) is 4.06. The lowest BCUT2D eigenvalue weighted by molar-refractivity contribution is 1.03. The number of hydrogen-bond acceptors (Lipinski definition) is 4. The average molecular weight is 301 g/mol. The van der Waals surface area contributed by atoms with Gasteiger partial charge in [0.25, 0.3) is 0 Å². The Hall–Kier alpha value is -3.15. The lowest BCUT2D eigenvalue weighted by Crippen LogP contribution is -2.20. The Morgan fingerprint density at radius 3 is 2.65 bits per heavy atom. The van der Waals surface area contributed by atoms with Crippen LogP contribution >= 0.6 is 0 Å². The van der Waals surface area contributed by atoms with Crippen molar-refractivity contribution in [1.29, 1.82) is 5.41 Å². The van der Waals surface area contributed by atoms with Gasteiger partial charge in [0.15, 0.2) is 0 Å². The summed E-state index contributed by atoms with van der Waals surface area (Å²) in [4.78, 5) is 8.68. The van der Waals surface area contributed by atoms with E-state index in [1.165, 1.54) is 5.46 Å². The highest BCUT2D eigenvalue weighted by Gasteiger charge is 2.15. The second-order valence-corrected chi connectivity index (χ2v) is 5.22. The molecule has 0 radical (unpaired) electrons. The third kappa shape index (κ3) is 3.21. The van der Waals surface area contributed by atoms with Crippen molar-refractivity contribution in [1.82, 2.24) is 10.3 Å². The van der Waals surface area contributed by atoms with Crippen LogP contribution in [0.15, 0.2) is 65.7 Å². The largest absolute Gasteiger partial charge is 0.384 e. The number of aromatic nitrogens is 1. The van der Waals surface area contributed by atoms with E-state index < -0.39 is 0 Å². The summed E-state index contributed by atoms with van der Waals surface area (Å²) in [7, 11) is 2.05. The van der Waals surface area contributed by atoms with Gasteiger partial charge in [-0.25, -0.2) is 4.99 Å². The molecule has 0 fully saturated rings. The molecule has 4 N–H and O–H groups in total. The van der Waals surface area contributed by atoms with E-state index in [1.54, 1.807) is 18.5 Å². The third-order valence-electron chi connectivity index (χ3n) is 3.48. The zero-order valence-corrected chi connectivity index (χ0v) is 12.7. The number of allylic oxidation sites excluding steroid dienone is 1. The first-order valence-electron chi connectivity index (χ1n) is 7.23. The number of benzene rings is 1. The lowest BCUT2D eigenvalue weighted by atomic mass is 9.92. The maximum atomic E-state index is 7.81. The van der Waals surface area contributed by atoms with Gasteiger partial charge in [0.2, 0.25) is 0 Å². The fourth-order valence-electron chi connectivity index (χ4n) is 2.37. The van der Waals surface area contributed by atoms with E-state index in [-0.39, 0.29) is 5.84 Å². The first-order chi connectivity index (χ1) is 11.1. The molecule has 0 saturated heterocycles. The van der Waals surface area contributed by atoms with Gasteiger partial charge in [0.05, 0.1) is 11.3 Å². The Labute approximate surface area is 135 Å². The summed E-state index contributed by atoms with van der Waals surface area (Å²) in [6.07, 6.45) is 5.30. The molecular formula is C17H16BN5. The standard InChI is InChI=1S/C17H16BN5/c18-13-5-3-4-11(8-13)12-9-22-17(23-10-12)15(16(19)20)14-6-1-2-7-21-14/h1-10,22H,18H2,(H3,19,20)/b17-15+. The molecule has 5 nitrogen and oxygen atoms in total. The Balaban J connectivity index is 1.95. The van der Waals surface area contributed by atoms with E-state index in [2.05, 4.69) is 35.3 Å². The van der Waals surface area contributed by atoms with Crippen LogP contribution < -0.4 is 16.5 Å². The van der Waals surface area contributed by atoms with Crippen molar-refractivity contribution in [3.8, 4) is 0 Å². The average Bonchev–Trinajstić information content (AvgIpc) is 2.56. The van der Waals surface area contributed by atoms with Crippen molar-refractivity contribution < 1.29 is 0 Å². The van der Waals surface area contributed by atoms with Crippen LogP contribution in [0.3, 0.4) is 0 Å². The molecule has 0 atom stereocenters. The first-order valence-corrected chi connectivity index (χ1v) is 7.23. The van der Waals surface area contributed by atoms with Gasteiger partial charge in [-0.2, -0.15) is 0 Å². The number of nitrogens with two attached hydrogens (primary N) is 1. The predicted octanol–water partition coefficient (Wildman–Crippen LogP) is 0.660. The minimum absolute atomic E-state index is 0.0734. The molecule has 1 aliphatic heterocycles. The molecule has 2 heterocycles. The molecule has 0 saturated carbocycles. The molecule has 112 valence electrons. The van der Waals surface area contributed by atoms with Crippen LogP contribution in [0.5, 0.6) is 0 Å². The van der Waals surface area contributed by atoms with Crippen molar-refractivity contribution in [3.63, 3.8) is 0 Å². The van der Waals surface area contributed by atoms with Crippen LogP contribution in [0.2, 0.25) is 0 Å². The van der Waals surface area contributed by atoms with E-state index >= 15 is 0 Å². The molecule has 1 aliphatic rings. The van der Waals surface area contributed by atoms with Crippen molar-refractivity contribution in [2.45, 2.75) is 0 Å². The molecule has 0 spiro atoms. The number of rotatable bonds is 3. The van der Waals surface area contributed by atoms with Gasteiger partial charge in [-0.3, -0.25) is 10.4 Å². The quantitative estimate of drug-likeness (QED) is 0.442. The van der Waals surface area contributed by atoms with Gasteiger partial charge in [-0.15, -0.1) is 0 Å². The number of aliphatic imine (C=N–C) groups is 1. The van der Waals surface area contributed by atoms with Gasteiger partial charge in [0.1, 0.15) is 19.5 Å². The van der Waals surface area contributed by atoms with Gasteiger partial charge < -0.3 is 11.1 Å². The van der Waals surface area contributed by atoms with Crippen LogP contribution in [-0.2, 0) is 0 Å². The highest BCUT2D eigenvalue weighted by Crippen LogP contribution is 2.20. The summed E-state index contributed by atoms with van der Waals surface area (Å²) < 4.78 is 0. The second-order valence-electron chi connectivity index (χ2n) is 5.22. The summed E-state index contributed by atoms with van der Waals surface area (Å²) in [6.45, 7) is 0. The lowest BCUT2D eigenvalue weighted by Gasteiger charge is -2.15. The maximum absolute atomic E-state index is 7.81. The van der Waals surface area contributed by atoms with E-state index in [0.717, 1.165) is 11.1 Å². The summed E-state index contributed by atoms with van der Waals surface area (Å²) in [5.74, 6) is 0.448. The summed E-state index contributed by atoms with van der Waals surface area (Å²) >= 11 is 0. The van der Waals surface area contributed by atoms with E-state index in [4.69, 9.17) is 11.1 Å². The van der Waals surface area contributed by atoms with Gasteiger partial charge in [-0.05, 0) is 17.7 Å². The van der Waals surface area contributed by atoms with Crippen LogP contribution in [0.1, 0.15) is 11.3 Å². The van der Waals surface area contributed by atoms with E-state index in [9.17, 15) is 0 Å². The van der Waals surface area contributed by atoms with Crippen LogP contribution in [0.25, 0.3) is 11.1 Å². The molecular weight excluding hydrogens is 285 g/mol. The number of nitrogens with one attached hydrogen (secondary N) is 2. The topological polar surface area (TPSA) is 87.2 Å². The smallest absolute Gasteiger partial charge is 0.143 e. The zero-order valence-electron chi connectivity index (χ0n) is 12.7. The van der Waals surface area contributed by atoms with Crippen molar-refractivity contribution in [2.75, 3.05) is 0 Å². The maximum Gasteiger partial charge on any atom is 0.143 e. The molecule has 6 heteroatoms. The number of pyridine rings is 1. The van der Waals surface area contributed by atoms with E-state index in [1.807, 2.05) is 30.5 Å². The Bertz CT molecular complexity index is 837. The predicted molar refractivity (Wildman–Crippen MR) is 97.3 cm³/mol. The molecule has 1 aromatic carbocycles. The van der Waals surface area contributed by atoms with Crippen molar-refractivity contribution >= 4 is 36.5 Å². The highest BCUT2D eigenvalue weighted by atomic mass is 15.0. The van der Waals surface area contributed by atoms with Crippen LogP contribution in [0.4, 0.5) is 0 Å². The van der Waals surface area contributed by atoms with Crippen molar-refractivity contribution in [2.24, 2.45) is 10.7 Å². The summed E-state index contributed by atoms with van der Waals surface area (Å²) in [5.41, 5.74) is 10.1. The fourth-order valence-corrected chi connectivity index (χ4v) is 2.37. The Morgan fingerprint density at radius 2 is 2.04 bits per heavy atom.